The van der Waals surface area contributed by atoms with Crippen molar-refractivity contribution in [3.63, 3.8) is 0 Å². The molecule has 2 fully saturated rings. The highest BCUT2D eigenvalue weighted by Crippen LogP contribution is 2.37. The number of aromatic nitrogens is 2. The Morgan fingerprint density at radius 3 is 2.54 bits per heavy atom. The van der Waals surface area contributed by atoms with Crippen LogP contribution in [0, 0.1) is 0 Å². The van der Waals surface area contributed by atoms with Gasteiger partial charge in [0.1, 0.15) is 5.60 Å². The Bertz CT molecular complexity index is 749. The molecule has 2 saturated heterocycles. The predicted molar refractivity (Wildman–Crippen MR) is 97.5 cm³/mol. The van der Waals surface area contributed by atoms with Gasteiger partial charge in [0.25, 0.3) is 5.91 Å². The van der Waals surface area contributed by atoms with Gasteiger partial charge in [-0.3, -0.25) is 9.69 Å². The van der Waals surface area contributed by atoms with E-state index in [2.05, 4.69) is 15.1 Å². The summed E-state index contributed by atoms with van der Waals surface area (Å²) in [5.74, 6) is -0.0424. The first-order valence-electron chi connectivity index (χ1n) is 9.26. The number of carbonyl (C=O) groups is 1. The minimum absolute atomic E-state index is 0.0424. The molecule has 2 aromatic rings. The lowest BCUT2D eigenvalue weighted by atomic mass is 9.79. The molecule has 2 atom stereocenters. The Balaban J connectivity index is 1.62. The highest BCUT2D eigenvalue weighted by atomic mass is 16.3. The van der Waals surface area contributed by atoms with Crippen molar-refractivity contribution in [1.29, 1.82) is 0 Å². The van der Waals surface area contributed by atoms with Gasteiger partial charge in [-0.15, -0.1) is 0 Å². The maximum Gasteiger partial charge on any atom is 0.255 e. The Hall–Kier alpha value is -2.31. The van der Waals surface area contributed by atoms with Crippen molar-refractivity contribution in [3.8, 4) is 0 Å². The van der Waals surface area contributed by atoms with E-state index < -0.39 is 5.60 Å². The third kappa shape index (κ3) is 3.10. The third-order valence-corrected chi connectivity index (χ3v) is 5.68. The summed E-state index contributed by atoms with van der Waals surface area (Å²) in [6.45, 7) is 2.99. The molecule has 0 bridgehead atoms. The van der Waals surface area contributed by atoms with Gasteiger partial charge in [0.2, 0.25) is 0 Å². The molecule has 0 aliphatic carbocycles. The molecule has 26 heavy (non-hydrogen) atoms. The van der Waals surface area contributed by atoms with Crippen LogP contribution in [-0.2, 0) is 5.60 Å². The predicted octanol–water partition coefficient (Wildman–Crippen LogP) is 1.67. The molecule has 1 aromatic carbocycles. The fraction of sp³-hybridized carbons (Fsp3) is 0.450. The first-order valence-corrected chi connectivity index (χ1v) is 9.26. The number of aliphatic hydroxyl groups is 1. The summed E-state index contributed by atoms with van der Waals surface area (Å²) in [7, 11) is 0. The second-order valence-electron chi connectivity index (χ2n) is 7.18. The molecule has 2 aliphatic heterocycles. The zero-order valence-corrected chi connectivity index (χ0v) is 14.8. The van der Waals surface area contributed by atoms with Gasteiger partial charge in [-0.1, -0.05) is 30.3 Å². The number of carbonyl (C=O) groups excluding carboxylic acids is 1. The number of amides is 1. The van der Waals surface area contributed by atoms with E-state index in [0.717, 1.165) is 31.5 Å². The summed E-state index contributed by atoms with van der Waals surface area (Å²) >= 11 is 0. The zero-order valence-electron chi connectivity index (χ0n) is 14.8. The summed E-state index contributed by atoms with van der Waals surface area (Å²) in [4.78, 5) is 17.1. The van der Waals surface area contributed by atoms with Gasteiger partial charge in [0.15, 0.2) is 0 Å². The van der Waals surface area contributed by atoms with Gasteiger partial charge < -0.3 is 10.0 Å². The first-order chi connectivity index (χ1) is 12.7. The van der Waals surface area contributed by atoms with Crippen LogP contribution in [0.1, 0.15) is 35.2 Å². The summed E-state index contributed by atoms with van der Waals surface area (Å²) in [6.07, 6.45) is 5.86. The molecule has 3 heterocycles. The van der Waals surface area contributed by atoms with Crippen molar-refractivity contribution < 1.29 is 9.90 Å². The van der Waals surface area contributed by atoms with Crippen molar-refractivity contribution >= 4 is 5.91 Å². The molecule has 0 radical (unpaired) electrons. The SMILES string of the molecule is O=C(c1ccnnc1)N1CC[C@](O)(c2ccccc2)[C@H](N2CCCC2)C1. The average molecular weight is 352 g/mol. The lowest BCUT2D eigenvalue weighted by molar-refractivity contribution is -0.0878. The van der Waals surface area contributed by atoms with E-state index in [1.807, 2.05) is 35.2 Å². The van der Waals surface area contributed by atoms with Gasteiger partial charge in [-0.2, -0.15) is 10.2 Å². The van der Waals surface area contributed by atoms with Gasteiger partial charge in [-0.05, 0) is 44.0 Å². The Morgan fingerprint density at radius 2 is 1.85 bits per heavy atom. The van der Waals surface area contributed by atoms with E-state index in [1.54, 1.807) is 6.07 Å². The van der Waals surface area contributed by atoms with Crippen molar-refractivity contribution in [2.45, 2.75) is 30.9 Å². The van der Waals surface area contributed by atoms with Crippen LogP contribution in [0.5, 0.6) is 0 Å². The summed E-state index contributed by atoms with van der Waals surface area (Å²) in [6, 6.07) is 11.5. The largest absolute Gasteiger partial charge is 0.383 e. The summed E-state index contributed by atoms with van der Waals surface area (Å²) < 4.78 is 0. The van der Waals surface area contributed by atoms with Crippen LogP contribution in [0.25, 0.3) is 0 Å². The monoisotopic (exact) mass is 352 g/mol. The van der Waals surface area contributed by atoms with E-state index >= 15 is 0 Å². The van der Waals surface area contributed by atoms with Crippen molar-refractivity contribution in [3.05, 3.63) is 59.9 Å². The molecule has 6 nitrogen and oxygen atoms in total. The molecular weight excluding hydrogens is 328 g/mol. The number of piperidine rings is 1. The van der Waals surface area contributed by atoms with Crippen molar-refractivity contribution in [2.24, 2.45) is 0 Å². The fourth-order valence-electron chi connectivity index (χ4n) is 4.24. The van der Waals surface area contributed by atoms with Crippen LogP contribution in [0.3, 0.4) is 0 Å². The minimum atomic E-state index is -0.932. The lowest BCUT2D eigenvalue weighted by Gasteiger charge is -2.48. The first kappa shape index (κ1) is 17.1. The number of likely N-dealkylation sites (tertiary alicyclic amines) is 2. The molecular formula is C20H24N4O2. The average Bonchev–Trinajstić information content (AvgIpc) is 3.24. The van der Waals surface area contributed by atoms with E-state index in [9.17, 15) is 9.90 Å². The second kappa shape index (κ2) is 7.13. The van der Waals surface area contributed by atoms with E-state index in [0.29, 0.717) is 25.1 Å². The molecule has 1 aromatic heterocycles. The minimum Gasteiger partial charge on any atom is -0.383 e. The maximum atomic E-state index is 12.9. The quantitative estimate of drug-likeness (QED) is 0.910. The molecule has 6 heteroatoms. The van der Waals surface area contributed by atoms with E-state index in [-0.39, 0.29) is 11.9 Å². The second-order valence-corrected chi connectivity index (χ2v) is 7.18. The normalized spacial score (nSPS) is 26.8. The number of benzene rings is 1. The number of hydrogen-bond acceptors (Lipinski definition) is 5. The summed E-state index contributed by atoms with van der Waals surface area (Å²) in [5, 5.41) is 19.2. The van der Waals surface area contributed by atoms with Gasteiger partial charge >= 0.3 is 0 Å². The molecule has 1 amide bonds. The van der Waals surface area contributed by atoms with Crippen molar-refractivity contribution in [2.75, 3.05) is 26.2 Å². The lowest BCUT2D eigenvalue weighted by Crippen LogP contribution is -2.61. The molecule has 1 N–H and O–H groups in total. The maximum absolute atomic E-state index is 12.9. The van der Waals surface area contributed by atoms with Crippen molar-refractivity contribution in [1.82, 2.24) is 20.0 Å². The van der Waals surface area contributed by atoms with Gasteiger partial charge in [0.05, 0.1) is 24.0 Å². The molecule has 0 saturated carbocycles. The molecule has 136 valence electrons. The highest BCUT2D eigenvalue weighted by molar-refractivity contribution is 5.93. The molecule has 0 spiro atoms. The Morgan fingerprint density at radius 1 is 1.08 bits per heavy atom. The van der Waals surface area contributed by atoms with Crippen LogP contribution in [0.15, 0.2) is 48.8 Å². The highest BCUT2D eigenvalue weighted by Gasteiger charge is 2.47. The number of rotatable bonds is 3. The Labute approximate surface area is 153 Å². The van der Waals surface area contributed by atoms with Crippen LogP contribution in [0.2, 0.25) is 0 Å². The van der Waals surface area contributed by atoms with Crippen LogP contribution in [-0.4, -0.2) is 63.2 Å². The van der Waals surface area contributed by atoms with Gasteiger partial charge in [-0.25, -0.2) is 0 Å². The van der Waals surface area contributed by atoms with Crippen LogP contribution >= 0.6 is 0 Å². The fourth-order valence-corrected chi connectivity index (χ4v) is 4.24. The van der Waals surface area contributed by atoms with E-state index in [4.69, 9.17) is 0 Å². The smallest absolute Gasteiger partial charge is 0.255 e. The van der Waals surface area contributed by atoms with Crippen LogP contribution < -0.4 is 0 Å². The molecule has 0 unspecified atom stereocenters. The van der Waals surface area contributed by atoms with Gasteiger partial charge in [0, 0.05) is 13.1 Å². The summed E-state index contributed by atoms with van der Waals surface area (Å²) in [5.41, 5.74) is 0.554. The Kier molecular flexibility index (Phi) is 4.70. The number of nitrogens with zero attached hydrogens (tertiary/aromatic N) is 4. The molecule has 2 aliphatic rings. The standard InChI is InChI=1S/C20H24N4O2/c25-19(16-8-10-21-22-14-16)24-13-9-20(26,17-6-2-1-3-7-17)18(15-24)23-11-4-5-12-23/h1-3,6-8,10,14,18,26H,4-5,9,11-13,15H2/t18-,20+/m1/s1. The van der Waals surface area contributed by atoms with E-state index in [1.165, 1.54) is 12.4 Å². The number of hydrogen-bond donors (Lipinski definition) is 1. The molecule has 4 rings (SSSR count). The zero-order chi connectivity index (χ0) is 18.0. The topological polar surface area (TPSA) is 69.6 Å². The third-order valence-electron chi connectivity index (χ3n) is 5.68. The van der Waals surface area contributed by atoms with Crippen LogP contribution in [0.4, 0.5) is 0 Å².